The van der Waals surface area contributed by atoms with Crippen molar-refractivity contribution in [1.29, 1.82) is 0 Å². The van der Waals surface area contributed by atoms with Gasteiger partial charge in [-0.3, -0.25) is 4.79 Å². The normalized spacial score (nSPS) is 18.2. The second-order valence-corrected chi connectivity index (χ2v) is 7.73. The topological polar surface area (TPSA) is 32.3 Å². The Bertz CT molecular complexity index is 815. The van der Waals surface area contributed by atoms with Gasteiger partial charge in [0.1, 0.15) is 5.82 Å². The first-order chi connectivity index (χ1) is 12.6. The van der Waals surface area contributed by atoms with E-state index < -0.39 is 0 Å². The lowest BCUT2D eigenvalue weighted by Crippen LogP contribution is -2.44. The van der Waals surface area contributed by atoms with Gasteiger partial charge in [0.15, 0.2) is 0 Å². The third-order valence-corrected chi connectivity index (χ3v) is 5.92. The molecular formula is C21H22ClFN2O. The molecule has 0 unspecified atom stereocenters. The van der Waals surface area contributed by atoms with Gasteiger partial charge >= 0.3 is 0 Å². The number of fused-ring (bicyclic) bond motifs is 2. The molecule has 3 nitrogen and oxygen atoms in total. The molecule has 2 aromatic rings. The molecule has 1 fully saturated rings. The van der Waals surface area contributed by atoms with Crippen LogP contribution in [0.2, 0.25) is 5.02 Å². The Kier molecular flexibility index (Phi) is 4.72. The number of amides is 1. The molecule has 1 N–H and O–H groups in total. The van der Waals surface area contributed by atoms with Crippen molar-refractivity contribution >= 4 is 23.2 Å². The minimum absolute atomic E-state index is 0.0109. The number of hydrogen-bond acceptors (Lipinski definition) is 2. The van der Waals surface area contributed by atoms with Crippen LogP contribution >= 0.6 is 11.6 Å². The number of carbonyl (C=O) groups excluding carboxylic acids is 1. The monoisotopic (exact) mass is 372 g/mol. The average Bonchev–Trinajstić information content (AvgIpc) is 2.95. The minimum Gasteiger partial charge on any atom is -0.317 e. The van der Waals surface area contributed by atoms with Crippen LogP contribution in [0.4, 0.5) is 10.1 Å². The highest BCUT2D eigenvalue weighted by atomic mass is 35.5. The molecule has 4 rings (SSSR count). The maximum absolute atomic E-state index is 13.0. The van der Waals surface area contributed by atoms with Crippen molar-refractivity contribution in [1.82, 2.24) is 5.32 Å². The van der Waals surface area contributed by atoms with E-state index in [4.69, 9.17) is 11.6 Å². The van der Waals surface area contributed by atoms with Crippen molar-refractivity contribution in [2.24, 2.45) is 0 Å². The van der Waals surface area contributed by atoms with Crippen LogP contribution in [-0.4, -0.2) is 25.5 Å². The van der Waals surface area contributed by atoms with Crippen molar-refractivity contribution in [3.05, 3.63) is 64.4 Å². The molecule has 0 atom stereocenters. The zero-order chi connectivity index (χ0) is 18.1. The van der Waals surface area contributed by atoms with Gasteiger partial charge in [-0.15, -0.1) is 0 Å². The molecule has 0 bridgehead atoms. The van der Waals surface area contributed by atoms with Crippen LogP contribution in [0.3, 0.4) is 0 Å². The van der Waals surface area contributed by atoms with E-state index in [0.29, 0.717) is 12.8 Å². The Morgan fingerprint density at radius 1 is 1.15 bits per heavy atom. The first-order valence-electron chi connectivity index (χ1n) is 9.13. The predicted molar refractivity (Wildman–Crippen MR) is 102 cm³/mol. The smallest absolute Gasteiger partial charge is 0.227 e. The number of hydrogen-bond donors (Lipinski definition) is 1. The summed E-state index contributed by atoms with van der Waals surface area (Å²) >= 11 is 6.26. The molecule has 0 saturated carbocycles. The van der Waals surface area contributed by atoms with Crippen LogP contribution in [-0.2, 0) is 16.6 Å². The molecule has 1 spiro atoms. The van der Waals surface area contributed by atoms with E-state index in [2.05, 4.69) is 5.32 Å². The number of carbonyl (C=O) groups is 1. The maximum Gasteiger partial charge on any atom is 0.227 e. The van der Waals surface area contributed by atoms with Crippen molar-refractivity contribution in [3.63, 3.8) is 0 Å². The first kappa shape index (κ1) is 17.5. The highest BCUT2D eigenvalue weighted by molar-refractivity contribution is 6.30. The van der Waals surface area contributed by atoms with Gasteiger partial charge in [0.05, 0.1) is 0 Å². The van der Waals surface area contributed by atoms with Gasteiger partial charge in [-0.05, 0) is 73.8 Å². The van der Waals surface area contributed by atoms with Gasteiger partial charge in [-0.1, -0.05) is 23.7 Å². The van der Waals surface area contributed by atoms with Crippen molar-refractivity contribution < 1.29 is 9.18 Å². The fourth-order valence-corrected chi connectivity index (χ4v) is 4.41. The Morgan fingerprint density at radius 3 is 2.62 bits per heavy atom. The molecule has 26 heavy (non-hydrogen) atoms. The molecule has 1 amide bonds. The third kappa shape index (κ3) is 3.24. The lowest BCUT2D eigenvalue weighted by molar-refractivity contribution is -0.118. The van der Waals surface area contributed by atoms with Crippen LogP contribution in [0.5, 0.6) is 0 Å². The Morgan fingerprint density at radius 2 is 1.88 bits per heavy atom. The molecule has 0 aromatic heterocycles. The summed E-state index contributed by atoms with van der Waals surface area (Å²) in [5, 5.41) is 4.13. The Labute approximate surface area is 158 Å². The highest BCUT2D eigenvalue weighted by Gasteiger charge is 2.45. The number of nitrogens with one attached hydrogen (secondary N) is 1. The van der Waals surface area contributed by atoms with E-state index >= 15 is 0 Å². The average molecular weight is 373 g/mol. The maximum atomic E-state index is 13.0. The molecule has 2 aliphatic heterocycles. The van der Waals surface area contributed by atoms with Crippen LogP contribution in [0.1, 0.15) is 30.4 Å². The van der Waals surface area contributed by atoms with E-state index in [0.717, 1.165) is 48.7 Å². The van der Waals surface area contributed by atoms with Crippen molar-refractivity contribution in [2.75, 3.05) is 24.5 Å². The van der Waals surface area contributed by atoms with Crippen molar-refractivity contribution in [2.45, 2.75) is 31.1 Å². The second kappa shape index (κ2) is 7.01. The summed E-state index contributed by atoms with van der Waals surface area (Å²) in [6, 6.07) is 12.2. The van der Waals surface area contributed by atoms with Gasteiger partial charge < -0.3 is 10.2 Å². The molecule has 2 aliphatic rings. The number of rotatable bonds is 3. The van der Waals surface area contributed by atoms with Crippen LogP contribution in [0, 0.1) is 5.82 Å². The number of anilines is 1. The van der Waals surface area contributed by atoms with Gasteiger partial charge in [0, 0.05) is 29.1 Å². The van der Waals surface area contributed by atoms with Crippen LogP contribution < -0.4 is 10.2 Å². The molecule has 0 radical (unpaired) electrons. The number of aryl methyl sites for hydroxylation is 1. The lowest BCUT2D eigenvalue weighted by Gasteiger charge is -2.34. The first-order valence-corrected chi connectivity index (χ1v) is 9.51. The van der Waals surface area contributed by atoms with E-state index in [1.807, 2.05) is 23.1 Å². The van der Waals surface area contributed by atoms with E-state index in [1.54, 1.807) is 12.1 Å². The SMILES string of the molecule is O=C(CCc1ccc(F)cc1)N1CC2(CCNCC2)c2cc(Cl)ccc21. The van der Waals surface area contributed by atoms with E-state index in [1.165, 1.54) is 17.7 Å². The number of benzene rings is 2. The third-order valence-electron chi connectivity index (χ3n) is 5.68. The molecule has 1 saturated heterocycles. The summed E-state index contributed by atoms with van der Waals surface area (Å²) in [7, 11) is 0. The zero-order valence-electron chi connectivity index (χ0n) is 14.6. The van der Waals surface area contributed by atoms with E-state index in [-0.39, 0.29) is 17.1 Å². The van der Waals surface area contributed by atoms with Gasteiger partial charge in [0.25, 0.3) is 0 Å². The quantitative estimate of drug-likeness (QED) is 0.880. The standard InChI is InChI=1S/C21H22ClFN2O/c22-16-4-7-19-18(13-16)21(9-11-24-12-10-21)14-25(19)20(26)8-3-15-1-5-17(23)6-2-15/h1-2,4-7,13,24H,3,8-12,14H2. The van der Waals surface area contributed by atoms with E-state index in [9.17, 15) is 9.18 Å². The van der Waals surface area contributed by atoms with Crippen LogP contribution in [0.15, 0.2) is 42.5 Å². The molecule has 5 heteroatoms. The summed E-state index contributed by atoms with van der Waals surface area (Å²) in [4.78, 5) is 14.9. The summed E-state index contributed by atoms with van der Waals surface area (Å²) in [5.41, 5.74) is 3.20. The molecule has 2 heterocycles. The molecular weight excluding hydrogens is 351 g/mol. The number of halogens is 2. The fraction of sp³-hybridized carbons (Fsp3) is 0.381. The highest BCUT2D eigenvalue weighted by Crippen LogP contribution is 2.47. The molecule has 136 valence electrons. The fourth-order valence-electron chi connectivity index (χ4n) is 4.23. The van der Waals surface area contributed by atoms with Gasteiger partial charge in [-0.25, -0.2) is 4.39 Å². The summed E-state index contributed by atoms with van der Waals surface area (Å²) in [5.74, 6) is -0.133. The summed E-state index contributed by atoms with van der Waals surface area (Å²) in [6.45, 7) is 2.65. The zero-order valence-corrected chi connectivity index (χ0v) is 15.4. The molecule has 2 aromatic carbocycles. The predicted octanol–water partition coefficient (Wildman–Crippen LogP) is 4.08. The van der Waals surface area contributed by atoms with Crippen molar-refractivity contribution in [3.8, 4) is 0 Å². The lowest BCUT2D eigenvalue weighted by atomic mass is 9.75. The summed E-state index contributed by atoms with van der Waals surface area (Å²) < 4.78 is 13.0. The summed E-state index contributed by atoms with van der Waals surface area (Å²) in [6.07, 6.45) is 3.07. The minimum atomic E-state index is -0.252. The van der Waals surface area contributed by atoms with Crippen LogP contribution in [0.25, 0.3) is 0 Å². The Balaban J connectivity index is 1.55. The van der Waals surface area contributed by atoms with Gasteiger partial charge in [0.2, 0.25) is 5.91 Å². The largest absolute Gasteiger partial charge is 0.317 e. The molecule has 0 aliphatic carbocycles. The number of piperidine rings is 1. The van der Waals surface area contributed by atoms with Gasteiger partial charge in [-0.2, -0.15) is 0 Å². The number of nitrogens with zero attached hydrogens (tertiary/aromatic N) is 1. The second-order valence-electron chi connectivity index (χ2n) is 7.30. The Hall–Kier alpha value is -1.91.